The molecule has 0 saturated carbocycles. The number of amides is 3. The maximum absolute atomic E-state index is 12.7. The summed E-state index contributed by atoms with van der Waals surface area (Å²) in [5.74, 6) is -1.07. The smallest absolute Gasteiger partial charge is 0.308 e. The molecule has 8 nitrogen and oxygen atoms in total. The summed E-state index contributed by atoms with van der Waals surface area (Å²) in [5.41, 5.74) is 2.26. The van der Waals surface area contributed by atoms with Crippen LogP contribution in [0.25, 0.3) is 0 Å². The number of hydrogen-bond acceptors (Lipinski definition) is 6. The van der Waals surface area contributed by atoms with Crippen LogP contribution in [0.15, 0.2) is 42.5 Å². The second kappa shape index (κ2) is 10.1. The van der Waals surface area contributed by atoms with E-state index in [0.717, 1.165) is 10.5 Å². The summed E-state index contributed by atoms with van der Waals surface area (Å²) in [5, 5.41) is 2.81. The van der Waals surface area contributed by atoms with Crippen LogP contribution in [0.1, 0.15) is 57.7 Å². The first kappa shape index (κ1) is 23.0. The van der Waals surface area contributed by atoms with Crippen LogP contribution in [0.2, 0.25) is 0 Å². The van der Waals surface area contributed by atoms with Crippen molar-refractivity contribution in [2.24, 2.45) is 0 Å². The van der Waals surface area contributed by atoms with E-state index < -0.39 is 29.7 Å². The van der Waals surface area contributed by atoms with Crippen molar-refractivity contribution in [1.82, 2.24) is 10.2 Å². The molecule has 0 spiro atoms. The van der Waals surface area contributed by atoms with Gasteiger partial charge in [0.2, 0.25) is 5.91 Å². The van der Waals surface area contributed by atoms with Gasteiger partial charge >= 0.3 is 5.97 Å². The Labute approximate surface area is 186 Å². The van der Waals surface area contributed by atoms with E-state index in [1.165, 1.54) is 7.11 Å². The van der Waals surface area contributed by atoms with Gasteiger partial charge in [-0.1, -0.05) is 23.8 Å². The first-order valence-corrected chi connectivity index (χ1v) is 10.4. The number of methoxy groups -OCH3 is 1. The lowest BCUT2D eigenvalue weighted by atomic mass is 10.0. The number of rotatable bonds is 9. The van der Waals surface area contributed by atoms with E-state index in [1.54, 1.807) is 49.4 Å². The Kier molecular flexibility index (Phi) is 7.25. The maximum atomic E-state index is 12.7. The lowest BCUT2D eigenvalue weighted by Crippen LogP contribution is -2.36. The van der Waals surface area contributed by atoms with Gasteiger partial charge in [0, 0.05) is 13.0 Å². The molecule has 8 heteroatoms. The van der Waals surface area contributed by atoms with E-state index in [0.29, 0.717) is 22.4 Å². The van der Waals surface area contributed by atoms with Gasteiger partial charge in [0.15, 0.2) is 0 Å². The van der Waals surface area contributed by atoms with E-state index >= 15 is 0 Å². The summed E-state index contributed by atoms with van der Waals surface area (Å²) in [6.45, 7) is 3.73. The van der Waals surface area contributed by atoms with Gasteiger partial charge in [0.25, 0.3) is 11.8 Å². The third kappa shape index (κ3) is 5.14. The molecule has 1 N–H and O–H groups in total. The summed E-state index contributed by atoms with van der Waals surface area (Å²) < 4.78 is 10.3. The average molecular weight is 438 g/mol. The van der Waals surface area contributed by atoms with Crippen molar-refractivity contribution in [2.45, 2.75) is 32.7 Å². The minimum atomic E-state index is -0.638. The zero-order valence-corrected chi connectivity index (χ0v) is 18.3. The van der Waals surface area contributed by atoms with Crippen molar-refractivity contribution in [3.8, 4) is 5.75 Å². The van der Waals surface area contributed by atoms with Crippen molar-refractivity contribution in [1.29, 1.82) is 0 Å². The number of ether oxygens (including phenoxy) is 2. The molecular weight excluding hydrogens is 412 g/mol. The maximum Gasteiger partial charge on any atom is 0.308 e. The minimum Gasteiger partial charge on any atom is -0.497 e. The fourth-order valence-corrected chi connectivity index (χ4v) is 3.58. The number of imide groups is 1. The number of aryl methyl sites for hydroxylation is 1. The summed E-state index contributed by atoms with van der Waals surface area (Å²) in [4.78, 5) is 51.0. The molecule has 2 aromatic carbocycles. The molecule has 1 unspecified atom stereocenters. The van der Waals surface area contributed by atoms with Gasteiger partial charge in [-0.25, -0.2) is 0 Å². The predicted octanol–water partition coefficient (Wildman–Crippen LogP) is 2.80. The first-order chi connectivity index (χ1) is 15.3. The number of carbonyl (C=O) groups excluding carboxylic acids is 4. The van der Waals surface area contributed by atoms with E-state index in [1.807, 2.05) is 6.92 Å². The number of hydrogen-bond donors (Lipinski definition) is 1. The molecule has 1 aliphatic heterocycles. The first-order valence-electron chi connectivity index (χ1n) is 10.4. The zero-order valence-electron chi connectivity index (χ0n) is 18.3. The third-order valence-electron chi connectivity index (χ3n) is 5.20. The highest BCUT2D eigenvalue weighted by molar-refractivity contribution is 6.21. The molecule has 0 aromatic heterocycles. The zero-order chi connectivity index (χ0) is 23.3. The molecule has 0 fully saturated rings. The molecule has 0 saturated heterocycles. The second-order valence-corrected chi connectivity index (χ2v) is 7.47. The number of benzene rings is 2. The normalized spacial score (nSPS) is 13.5. The van der Waals surface area contributed by atoms with E-state index in [-0.39, 0.29) is 26.0 Å². The highest BCUT2D eigenvalue weighted by Gasteiger charge is 2.35. The third-order valence-corrected chi connectivity index (χ3v) is 5.20. The standard InChI is InChI=1S/C24H26N2O6/c1-4-32-22(28)14-20(16-6-5-7-17(13-16)31-3)25-21(27)10-11-26-23(29)18-9-8-15(2)12-19(18)24(26)30/h5-9,12-13,20H,4,10-11,14H2,1-3H3,(H,25,27). The Bertz CT molecular complexity index is 1050. The molecule has 1 atom stereocenters. The second-order valence-electron chi connectivity index (χ2n) is 7.47. The molecule has 0 bridgehead atoms. The number of esters is 1. The molecule has 32 heavy (non-hydrogen) atoms. The highest BCUT2D eigenvalue weighted by Crippen LogP contribution is 2.25. The largest absolute Gasteiger partial charge is 0.497 e. The molecular formula is C24H26N2O6. The van der Waals surface area contributed by atoms with Gasteiger partial charge in [0.1, 0.15) is 5.75 Å². The Morgan fingerprint density at radius 1 is 1.06 bits per heavy atom. The minimum absolute atomic E-state index is 0.0541. The lowest BCUT2D eigenvalue weighted by Gasteiger charge is -2.20. The van der Waals surface area contributed by atoms with Gasteiger partial charge in [-0.05, 0) is 43.7 Å². The number of nitrogens with one attached hydrogen (secondary N) is 1. The summed E-state index contributed by atoms with van der Waals surface area (Å²) in [6, 6.07) is 11.5. The number of nitrogens with zero attached hydrogens (tertiary/aromatic N) is 1. The van der Waals surface area contributed by atoms with Crippen molar-refractivity contribution >= 4 is 23.7 Å². The number of carbonyl (C=O) groups is 4. The molecule has 1 aliphatic rings. The average Bonchev–Trinajstić information content (AvgIpc) is 3.01. The topological polar surface area (TPSA) is 102 Å². The van der Waals surface area contributed by atoms with E-state index in [9.17, 15) is 19.2 Å². The van der Waals surface area contributed by atoms with Crippen LogP contribution in [0, 0.1) is 6.92 Å². The quantitative estimate of drug-likeness (QED) is 0.477. The van der Waals surface area contributed by atoms with Crippen LogP contribution in [-0.4, -0.2) is 48.9 Å². The highest BCUT2D eigenvalue weighted by atomic mass is 16.5. The van der Waals surface area contributed by atoms with Crippen LogP contribution in [0.3, 0.4) is 0 Å². The Hall–Kier alpha value is -3.68. The van der Waals surface area contributed by atoms with E-state index in [2.05, 4.69) is 5.32 Å². The van der Waals surface area contributed by atoms with E-state index in [4.69, 9.17) is 9.47 Å². The molecule has 3 rings (SSSR count). The van der Waals surface area contributed by atoms with Crippen molar-refractivity contribution in [2.75, 3.05) is 20.3 Å². The molecule has 1 heterocycles. The van der Waals surface area contributed by atoms with Crippen molar-refractivity contribution < 1.29 is 28.7 Å². The molecule has 0 radical (unpaired) electrons. The van der Waals surface area contributed by atoms with Crippen LogP contribution in [0.5, 0.6) is 5.75 Å². The lowest BCUT2D eigenvalue weighted by molar-refractivity contribution is -0.143. The monoisotopic (exact) mass is 438 g/mol. The van der Waals surface area contributed by atoms with Crippen LogP contribution < -0.4 is 10.1 Å². The van der Waals surface area contributed by atoms with Gasteiger partial charge < -0.3 is 14.8 Å². The van der Waals surface area contributed by atoms with Gasteiger partial charge in [0.05, 0.1) is 37.3 Å². The molecule has 3 amide bonds. The summed E-state index contributed by atoms with van der Waals surface area (Å²) >= 11 is 0. The Morgan fingerprint density at radius 2 is 1.81 bits per heavy atom. The fraction of sp³-hybridized carbons (Fsp3) is 0.333. The molecule has 0 aliphatic carbocycles. The Balaban J connectivity index is 1.68. The Morgan fingerprint density at radius 3 is 2.53 bits per heavy atom. The summed E-state index contributed by atoms with van der Waals surface area (Å²) in [6.07, 6.45) is -0.146. The van der Waals surface area contributed by atoms with Crippen molar-refractivity contribution in [3.05, 3.63) is 64.7 Å². The SMILES string of the molecule is CCOC(=O)CC(NC(=O)CCN1C(=O)c2ccc(C)cc2C1=O)c1cccc(OC)c1. The predicted molar refractivity (Wildman–Crippen MR) is 116 cm³/mol. The van der Waals surface area contributed by atoms with Crippen LogP contribution >= 0.6 is 0 Å². The van der Waals surface area contributed by atoms with Crippen LogP contribution in [-0.2, 0) is 14.3 Å². The van der Waals surface area contributed by atoms with Gasteiger partial charge in [-0.15, -0.1) is 0 Å². The molecule has 2 aromatic rings. The number of fused-ring (bicyclic) bond motifs is 1. The van der Waals surface area contributed by atoms with Gasteiger partial charge in [-0.2, -0.15) is 0 Å². The van der Waals surface area contributed by atoms with Gasteiger partial charge in [-0.3, -0.25) is 24.1 Å². The van der Waals surface area contributed by atoms with Crippen molar-refractivity contribution in [3.63, 3.8) is 0 Å². The fourth-order valence-electron chi connectivity index (χ4n) is 3.58. The van der Waals surface area contributed by atoms with Crippen LogP contribution in [0.4, 0.5) is 0 Å². The summed E-state index contributed by atoms with van der Waals surface area (Å²) in [7, 11) is 1.53. The molecule has 168 valence electrons.